The van der Waals surface area contributed by atoms with Crippen molar-refractivity contribution in [2.75, 3.05) is 0 Å². The fourth-order valence-electron chi connectivity index (χ4n) is 0.945. The summed E-state index contributed by atoms with van der Waals surface area (Å²) in [5.74, 6) is 0.492. The summed E-state index contributed by atoms with van der Waals surface area (Å²) in [7, 11) is 0. The van der Waals surface area contributed by atoms with Gasteiger partial charge in [-0.2, -0.15) is 5.21 Å². The topological polar surface area (TPSA) is 80.5 Å². The maximum atomic E-state index is 5.93. The van der Waals surface area contributed by atoms with Gasteiger partial charge in [-0.25, -0.2) is 0 Å². The van der Waals surface area contributed by atoms with Crippen LogP contribution in [0.5, 0.6) is 0 Å². The van der Waals surface area contributed by atoms with Gasteiger partial charge in [0.15, 0.2) is 5.82 Å². The van der Waals surface area contributed by atoms with Gasteiger partial charge in [0.25, 0.3) is 0 Å². The molecule has 0 fully saturated rings. The number of hydrogen-bond donors (Lipinski definition) is 2. The molecule has 0 aliphatic rings. The summed E-state index contributed by atoms with van der Waals surface area (Å²) in [6, 6.07) is 1.61. The van der Waals surface area contributed by atoms with Gasteiger partial charge in [-0.1, -0.05) is 5.21 Å². The van der Waals surface area contributed by atoms with E-state index in [0.29, 0.717) is 5.82 Å². The van der Waals surface area contributed by atoms with Crippen LogP contribution in [0.4, 0.5) is 0 Å². The van der Waals surface area contributed by atoms with Gasteiger partial charge < -0.3 is 5.73 Å². The average Bonchev–Trinajstić information content (AvgIpc) is 2.76. The number of nitrogens with one attached hydrogen (secondary N) is 1. The maximum absolute atomic E-state index is 5.93. The van der Waals surface area contributed by atoms with E-state index < -0.39 is 0 Å². The number of aromatic amines is 1. The molecule has 2 rings (SSSR count). The molecule has 0 amide bonds. The largest absolute Gasteiger partial charge is 0.317 e. The van der Waals surface area contributed by atoms with Crippen LogP contribution in [0.3, 0.4) is 0 Å². The van der Waals surface area contributed by atoms with Crippen LogP contribution in [-0.4, -0.2) is 20.6 Å². The van der Waals surface area contributed by atoms with Gasteiger partial charge in [0.05, 0.1) is 3.79 Å². The summed E-state index contributed by atoms with van der Waals surface area (Å²) >= 11 is 8.33. The molecule has 0 aromatic carbocycles. The highest BCUT2D eigenvalue weighted by molar-refractivity contribution is 9.13. The van der Waals surface area contributed by atoms with E-state index in [4.69, 9.17) is 5.73 Å². The highest BCUT2D eigenvalue weighted by atomic mass is 79.9. The van der Waals surface area contributed by atoms with Gasteiger partial charge in [0.2, 0.25) is 0 Å². The molecule has 0 saturated carbocycles. The summed E-state index contributed by atoms with van der Waals surface area (Å²) in [4.78, 5) is 0.977. The average molecular weight is 339 g/mol. The van der Waals surface area contributed by atoms with Crippen molar-refractivity contribution in [2.45, 2.75) is 6.04 Å². The second-order valence-electron chi connectivity index (χ2n) is 2.52. The van der Waals surface area contributed by atoms with Crippen LogP contribution in [0.2, 0.25) is 0 Å². The SMILES string of the molecule is NC(c1nn[nH]n1)c1cc(Br)c(Br)s1. The van der Waals surface area contributed by atoms with E-state index in [2.05, 4.69) is 52.5 Å². The van der Waals surface area contributed by atoms with Crippen LogP contribution in [0.25, 0.3) is 0 Å². The van der Waals surface area contributed by atoms with E-state index in [0.717, 1.165) is 13.1 Å². The lowest BCUT2D eigenvalue weighted by Crippen LogP contribution is -2.12. The first-order chi connectivity index (χ1) is 6.68. The summed E-state index contributed by atoms with van der Waals surface area (Å²) in [6.07, 6.45) is 0. The number of rotatable bonds is 2. The van der Waals surface area contributed by atoms with Crippen LogP contribution >= 0.6 is 43.2 Å². The van der Waals surface area contributed by atoms with Crippen molar-refractivity contribution in [1.29, 1.82) is 0 Å². The lowest BCUT2D eigenvalue weighted by Gasteiger charge is -2.01. The molecule has 0 saturated heterocycles. The van der Waals surface area contributed by atoms with Crippen molar-refractivity contribution in [1.82, 2.24) is 20.6 Å². The van der Waals surface area contributed by atoms with Crippen LogP contribution in [-0.2, 0) is 0 Å². The summed E-state index contributed by atoms with van der Waals surface area (Å²) in [5, 5.41) is 13.5. The number of halogens is 2. The first-order valence-electron chi connectivity index (χ1n) is 3.62. The molecule has 0 aliphatic heterocycles. The minimum atomic E-state index is -0.332. The van der Waals surface area contributed by atoms with E-state index in [9.17, 15) is 0 Å². The maximum Gasteiger partial charge on any atom is 0.196 e. The van der Waals surface area contributed by atoms with Crippen molar-refractivity contribution >= 4 is 43.2 Å². The number of H-pyrrole nitrogens is 1. The van der Waals surface area contributed by atoms with Gasteiger partial charge in [-0.05, 0) is 37.9 Å². The highest BCUT2D eigenvalue weighted by Gasteiger charge is 2.17. The number of nitrogens with two attached hydrogens (primary N) is 1. The van der Waals surface area contributed by atoms with Gasteiger partial charge >= 0.3 is 0 Å². The number of hydrogen-bond acceptors (Lipinski definition) is 5. The monoisotopic (exact) mass is 337 g/mol. The molecule has 0 bridgehead atoms. The Hall–Kier alpha value is -0.310. The Morgan fingerprint density at radius 3 is 2.79 bits per heavy atom. The third kappa shape index (κ3) is 1.88. The van der Waals surface area contributed by atoms with Gasteiger partial charge in [0.1, 0.15) is 6.04 Å². The zero-order chi connectivity index (χ0) is 10.1. The minimum absolute atomic E-state index is 0.332. The Kier molecular flexibility index (Phi) is 2.96. The number of thiophene rings is 1. The minimum Gasteiger partial charge on any atom is -0.317 e. The number of nitrogens with zero attached hydrogens (tertiary/aromatic N) is 3. The third-order valence-corrected chi connectivity index (χ3v) is 4.95. The highest BCUT2D eigenvalue weighted by Crippen LogP contribution is 2.35. The van der Waals surface area contributed by atoms with Crippen molar-refractivity contribution in [3.8, 4) is 0 Å². The zero-order valence-corrected chi connectivity index (χ0v) is 10.7. The van der Waals surface area contributed by atoms with Crippen molar-refractivity contribution in [2.24, 2.45) is 5.73 Å². The van der Waals surface area contributed by atoms with Crippen LogP contribution in [0, 0.1) is 0 Å². The molecule has 3 N–H and O–H groups in total. The predicted octanol–water partition coefficient (Wildman–Crippen LogP) is 1.83. The number of tetrazole rings is 1. The van der Waals surface area contributed by atoms with E-state index in [-0.39, 0.29) is 6.04 Å². The predicted molar refractivity (Wildman–Crippen MR) is 59.9 cm³/mol. The molecule has 1 unspecified atom stereocenters. The zero-order valence-electron chi connectivity index (χ0n) is 6.74. The molecular weight excluding hydrogens is 334 g/mol. The Morgan fingerprint density at radius 2 is 2.29 bits per heavy atom. The van der Waals surface area contributed by atoms with Gasteiger partial charge in [-0.15, -0.1) is 21.5 Å². The number of aromatic nitrogens is 4. The molecule has 74 valence electrons. The molecule has 0 radical (unpaired) electrons. The lowest BCUT2D eigenvalue weighted by molar-refractivity contribution is 0.799. The van der Waals surface area contributed by atoms with E-state index in [1.165, 1.54) is 0 Å². The first-order valence-corrected chi connectivity index (χ1v) is 6.02. The quantitative estimate of drug-likeness (QED) is 0.875. The molecule has 2 heterocycles. The summed E-state index contributed by atoms with van der Waals surface area (Å²) in [5.41, 5.74) is 5.93. The second-order valence-corrected chi connectivity index (χ2v) is 5.77. The fraction of sp³-hybridized carbons (Fsp3) is 0.167. The summed E-state index contributed by atoms with van der Waals surface area (Å²) < 4.78 is 1.99. The molecule has 2 aromatic heterocycles. The van der Waals surface area contributed by atoms with Crippen molar-refractivity contribution in [3.05, 3.63) is 25.0 Å². The van der Waals surface area contributed by atoms with Gasteiger partial charge in [0, 0.05) is 9.35 Å². The summed E-state index contributed by atoms with van der Waals surface area (Å²) in [6.45, 7) is 0. The molecule has 0 aliphatic carbocycles. The Morgan fingerprint density at radius 1 is 1.50 bits per heavy atom. The normalized spacial score (nSPS) is 13.1. The first kappa shape index (κ1) is 10.2. The molecule has 2 aromatic rings. The Labute approximate surface area is 100 Å². The van der Waals surface area contributed by atoms with Crippen molar-refractivity contribution < 1.29 is 0 Å². The fourth-order valence-corrected chi connectivity index (χ4v) is 3.03. The van der Waals surface area contributed by atoms with Crippen molar-refractivity contribution in [3.63, 3.8) is 0 Å². The molecular formula is C6H5Br2N5S. The van der Waals surface area contributed by atoms with Gasteiger partial charge in [-0.3, -0.25) is 0 Å². The molecule has 14 heavy (non-hydrogen) atoms. The lowest BCUT2D eigenvalue weighted by atomic mass is 10.2. The van der Waals surface area contributed by atoms with Crippen LogP contribution in [0.15, 0.2) is 14.3 Å². The Balaban J connectivity index is 2.32. The molecule has 0 spiro atoms. The standard InChI is InChI=1S/C6H5Br2N5S/c7-2-1-3(14-5(2)8)4(9)6-10-12-13-11-6/h1,4H,9H2,(H,10,11,12,13). The Bertz CT molecular complexity index is 406. The molecule has 8 heteroatoms. The van der Waals surface area contributed by atoms with E-state index in [1.54, 1.807) is 11.3 Å². The van der Waals surface area contributed by atoms with Crippen LogP contribution < -0.4 is 5.73 Å². The molecule has 5 nitrogen and oxygen atoms in total. The third-order valence-electron chi connectivity index (χ3n) is 1.61. The molecule has 1 atom stereocenters. The second kappa shape index (κ2) is 4.05. The smallest absolute Gasteiger partial charge is 0.196 e. The van der Waals surface area contributed by atoms with Crippen LogP contribution in [0.1, 0.15) is 16.7 Å². The van der Waals surface area contributed by atoms with E-state index >= 15 is 0 Å². The van der Waals surface area contributed by atoms with E-state index in [1.807, 2.05) is 6.07 Å².